The minimum absolute atomic E-state index is 0.00414. The van der Waals surface area contributed by atoms with E-state index in [1.807, 2.05) is 30.3 Å². The van der Waals surface area contributed by atoms with Crippen molar-refractivity contribution in [3.05, 3.63) is 64.8 Å². The number of sulfone groups is 1. The summed E-state index contributed by atoms with van der Waals surface area (Å²) >= 11 is 2.06. The highest BCUT2D eigenvalue weighted by molar-refractivity contribution is 8.15. The average molecular weight is 642 g/mol. The molecule has 224 valence electrons. The van der Waals surface area contributed by atoms with Crippen molar-refractivity contribution >= 4 is 60.2 Å². The number of ether oxygens (including phenoxy) is 1. The van der Waals surface area contributed by atoms with Crippen LogP contribution in [0.2, 0.25) is 0 Å². The molecule has 43 heavy (non-hydrogen) atoms. The molecule has 0 aliphatic carbocycles. The minimum Gasteiger partial charge on any atom is -0.423 e. The lowest BCUT2D eigenvalue weighted by Crippen LogP contribution is -2.40. The number of thiazole rings is 1. The van der Waals surface area contributed by atoms with E-state index in [-0.39, 0.29) is 29.9 Å². The molecule has 4 aromatic rings. The zero-order chi connectivity index (χ0) is 30.1. The highest BCUT2D eigenvalue weighted by atomic mass is 32.2. The van der Waals surface area contributed by atoms with Crippen molar-refractivity contribution in [3.63, 3.8) is 0 Å². The Bertz CT molecular complexity index is 1800. The number of hydrogen-bond acceptors (Lipinski definition) is 12. The fourth-order valence-electron chi connectivity index (χ4n) is 4.94. The van der Waals surface area contributed by atoms with Crippen molar-refractivity contribution in [2.75, 3.05) is 32.1 Å². The van der Waals surface area contributed by atoms with Crippen molar-refractivity contribution in [1.29, 1.82) is 0 Å². The monoisotopic (exact) mass is 641 g/mol. The number of fused-ring (bicyclic) bond motifs is 1. The van der Waals surface area contributed by atoms with Crippen molar-refractivity contribution in [1.82, 2.24) is 25.4 Å². The summed E-state index contributed by atoms with van der Waals surface area (Å²) < 4.78 is 38.7. The van der Waals surface area contributed by atoms with Crippen LogP contribution >= 0.6 is 23.1 Å². The lowest BCUT2D eigenvalue weighted by molar-refractivity contribution is -0.119. The minimum atomic E-state index is -3.77. The molecule has 15 heteroatoms. The van der Waals surface area contributed by atoms with Crippen LogP contribution in [0, 0.1) is 0 Å². The van der Waals surface area contributed by atoms with E-state index in [4.69, 9.17) is 9.15 Å². The first kappa shape index (κ1) is 29.4. The van der Waals surface area contributed by atoms with E-state index in [0.29, 0.717) is 48.8 Å². The van der Waals surface area contributed by atoms with Gasteiger partial charge in [0.2, 0.25) is 17.7 Å². The van der Waals surface area contributed by atoms with Gasteiger partial charge in [-0.1, -0.05) is 36.9 Å². The second-order valence-corrected chi connectivity index (χ2v) is 14.5. The van der Waals surface area contributed by atoms with Crippen LogP contribution in [0.25, 0.3) is 21.3 Å². The number of amides is 3. The van der Waals surface area contributed by atoms with Crippen LogP contribution in [0.1, 0.15) is 45.7 Å². The molecule has 2 atom stereocenters. The van der Waals surface area contributed by atoms with E-state index in [0.717, 1.165) is 27.6 Å². The standard InChI is InChI=1S/C28H27N5O7S3/c1-2-13-43(37,38)23(25-32-31-22(40-25)15-21-24(34)30-28(36)42-21)26-29-19-8-7-18(14-20(19)41-26)16-3-5-17(6-4-16)27(35)33-9-11-39-12-10-33/h3-8,14,21,23H,2,9-13,15H2,1H3,(H,30,34,36). The molecule has 2 aromatic heterocycles. The number of morpholine rings is 1. The van der Waals surface area contributed by atoms with E-state index in [9.17, 15) is 22.8 Å². The molecule has 3 amide bonds. The Hall–Kier alpha value is -3.66. The fraction of sp³-hybridized carbons (Fsp3) is 0.357. The molecule has 0 spiro atoms. The number of nitrogens with one attached hydrogen (secondary N) is 1. The molecule has 4 heterocycles. The number of thioether (sulfide) groups is 1. The van der Waals surface area contributed by atoms with Crippen molar-refractivity contribution in [3.8, 4) is 11.1 Å². The Morgan fingerprint density at radius 3 is 2.53 bits per heavy atom. The summed E-state index contributed by atoms with van der Waals surface area (Å²) in [6.45, 7) is 3.99. The van der Waals surface area contributed by atoms with Crippen LogP contribution in [-0.2, 0) is 25.8 Å². The second kappa shape index (κ2) is 12.1. The highest BCUT2D eigenvalue weighted by Gasteiger charge is 2.38. The fourth-order valence-corrected chi connectivity index (χ4v) is 8.89. The first-order chi connectivity index (χ1) is 20.7. The number of benzene rings is 2. The average Bonchev–Trinajstić information content (AvgIpc) is 3.71. The van der Waals surface area contributed by atoms with Gasteiger partial charge in [0.25, 0.3) is 11.1 Å². The van der Waals surface area contributed by atoms with Crippen LogP contribution < -0.4 is 5.32 Å². The quantitative estimate of drug-likeness (QED) is 0.284. The Labute approximate surface area is 255 Å². The summed E-state index contributed by atoms with van der Waals surface area (Å²) in [6, 6.07) is 13.1. The number of nitrogens with zero attached hydrogens (tertiary/aromatic N) is 4. The number of carbonyl (C=O) groups is 3. The van der Waals surface area contributed by atoms with E-state index in [2.05, 4.69) is 20.5 Å². The number of hydrogen-bond donors (Lipinski definition) is 1. The Kier molecular flexibility index (Phi) is 8.31. The van der Waals surface area contributed by atoms with Crippen molar-refractivity contribution in [2.45, 2.75) is 30.3 Å². The van der Waals surface area contributed by atoms with E-state index in [1.165, 1.54) is 11.3 Å². The molecule has 0 bridgehead atoms. The number of carbonyl (C=O) groups excluding carboxylic acids is 3. The maximum Gasteiger partial charge on any atom is 0.286 e. The lowest BCUT2D eigenvalue weighted by atomic mass is 10.0. The van der Waals surface area contributed by atoms with Gasteiger partial charge in [-0.15, -0.1) is 21.5 Å². The van der Waals surface area contributed by atoms with Gasteiger partial charge in [0.15, 0.2) is 15.1 Å². The summed E-state index contributed by atoms with van der Waals surface area (Å²) in [5.41, 5.74) is 3.02. The molecule has 2 fully saturated rings. The van der Waals surface area contributed by atoms with Gasteiger partial charge in [0, 0.05) is 25.1 Å². The largest absolute Gasteiger partial charge is 0.423 e. The van der Waals surface area contributed by atoms with Gasteiger partial charge in [0.05, 0.1) is 29.2 Å². The van der Waals surface area contributed by atoms with E-state index >= 15 is 0 Å². The molecular weight excluding hydrogens is 615 g/mol. The zero-order valence-electron chi connectivity index (χ0n) is 23.0. The van der Waals surface area contributed by atoms with Gasteiger partial charge in [-0.25, -0.2) is 13.4 Å². The Morgan fingerprint density at radius 1 is 1.09 bits per heavy atom. The van der Waals surface area contributed by atoms with Crippen LogP contribution in [-0.4, -0.2) is 82.9 Å². The third-order valence-electron chi connectivity index (χ3n) is 7.07. The molecule has 2 aliphatic rings. The molecule has 6 rings (SSSR count). The maximum atomic E-state index is 13.4. The zero-order valence-corrected chi connectivity index (χ0v) is 25.5. The third kappa shape index (κ3) is 6.20. The van der Waals surface area contributed by atoms with Gasteiger partial charge in [0.1, 0.15) is 10.3 Å². The van der Waals surface area contributed by atoms with Gasteiger partial charge in [-0.3, -0.25) is 19.7 Å². The summed E-state index contributed by atoms with van der Waals surface area (Å²) in [7, 11) is -3.77. The number of rotatable bonds is 9. The third-order valence-corrected chi connectivity index (χ3v) is 11.4. The molecule has 2 aliphatic heterocycles. The summed E-state index contributed by atoms with van der Waals surface area (Å²) in [6.07, 6.45) is 0.385. The molecule has 1 N–H and O–H groups in total. The van der Waals surface area contributed by atoms with Crippen molar-refractivity contribution < 1.29 is 32.0 Å². The first-order valence-electron chi connectivity index (χ1n) is 13.6. The highest BCUT2D eigenvalue weighted by Crippen LogP contribution is 2.37. The van der Waals surface area contributed by atoms with Crippen LogP contribution in [0.3, 0.4) is 0 Å². The smallest absolute Gasteiger partial charge is 0.286 e. The molecule has 2 saturated heterocycles. The van der Waals surface area contributed by atoms with Crippen LogP contribution in [0.5, 0.6) is 0 Å². The van der Waals surface area contributed by atoms with Gasteiger partial charge in [-0.05, 0) is 41.8 Å². The maximum absolute atomic E-state index is 13.4. The van der Waals surface area contributed by atoms with Gasteiger partial charge >= 0.3 is 0 Å². The second-order valence-electron chi connectivity index (χ2n) is 10.1. The molecule has 2 unspecified atom stereocenters. The topological polar surface area (TPSA) is 162 Å². The van der Waals surface area contributed by atoms with Crippen LogP contribution in [0.15, 0.2) is 46.9 Å². The Balaban J connectivity index is 1.27. The van der Waals surface area contributed by atoms with Crippen molar-refractivity contribution in [2.24, 2.45) is 0 Å². The van der Waals surface area contributed by atoms with E-state index in [1.54, 1.807) is 24.0 Å². The van der Waals surface area contributed by atoms with Gasteiger partial charge in [-0.2, -0.15) is 0 Å². The molecule has 0 radical (unpaired) electrons. The number of aromatic nitrogens is 3. The van der Waals surface area contributed by atoms with Crippen LogP contribution in [0.4, 0.5) is 4.79 Å². The summed E-state index contributed by atoms with van der Waals surface area (Å²) in [5.74, 6) is -0.655. The number of imide groups is 1. The molecule has 12 nitrogen and oxygen atoms in total. The normalized spacial score (nSPS) is 18.3. The van der Waals surface area contributed by atoms with E-state index < -0.39 is 31.5 Å². The summed E-state index contributed by atoms with van der Waals surface area (Å²) in [4.78, 5) is 42.7. The van der Waals surface area contributed by atoms with Gasteiger partial charge < -0.3 is 14.1 Å². The lowest BCUT2D eigenvalue weighted by Gasteiger charge is -2.26. The first-order valence-corrected chi connectivity index (χ1v) is 17.1. The predicted octanol–water partition coefficient (Wildman–Crippen LogP) is 3.63. The molecule has 0 saturated carbocycles. The SMILES string of the molecule is CCCS(=O)(=O)C(c1nnc(CC2SC(=O)NC2=O)o1)c1nc2ccc(-c3ccc(C(=O)N4CCOCC4)cc3)cc2s1. The predicted molar refractivity (Wildman–Crippen MR) is 161 cm³/mol. The summed E-state index contributed by atoms with van der Waals surface area (Å²) in [5, 5.41) is 8.05. The molecule has 2 aromatic carbocycles. The Morgan fingerprint density at radius 2 is 1.84 bits per heavy atom. The molecular formula is C28H27N5O7S3.